The Balaban J connectivity index is 1.83. The van der Waals surface area contributed by atoms with Gasteiger partial charge in [0.25, 0.3) is 0 Å². The van der Waals surface area contributed by atoms with Crippen LogP contribution < -0.4 is 5.32 Å². The minimum atomic E-state index is 0.680. The number of nitrogens with zero attached hydrogens (tertiary/aromatic N) is 2. The molecule has 0 aliphatic heterocycles. The summed E-state index contributed by atoms with van der Waals surface area (Å²) in [6.07, 6.45) is 0. The van der Waals surface area contributed by atoms with Gasteiger partial charge in [0.1, 0.15) is 0 Å². The van der Waals surface area contributed by atoms with Crippen molar-refractivity contribution in [3.05, 3.63) is 35.9 Å². The van der Waals surface area contributed by atoms with Crippen LogP contribution in [-0.2, 0) is 6.54 Å². The second-order valence-electron chi connectivity index (χ2n) is 4.42. The molecule has 0 amide bonds. The fourth-order valence-corrected chi connectivity index (χ4v) is 3.08. The summed E-state index contributed by atoms with van der Waals surface area (Å²) in [6.45, 7) is 5.22. The zero-order valence-corrected chi connectivity index (χ0v) is 12.2. The van der Waals surface area contributed by atoms with Crippen LogP contribution in [0.15, 0.2) is 34.7 Å². The Morgan fingerprint density at radius 2 is 2.00 bits per heavy atom. The third-order valence-electron chi connectivity index (χ3n) is 2.23. The lowest BCUT2D eigenvalue weighted by Gasteiger charge is -2.01. The first kappa shape index (κ1) is 13.4. The quantitative estimate of drug-likeness (QED) is 0.814. The lowest BCUT2D eigenvalue weighted by atomic mass is 10.2. The number of hydrogen-bond acceptors (Lipinski definition) is 5. The van der Waals surface area contributed by atoms with E-state index in [-0.39, 0.29) is 0 Å². The van der Waals surface area contributed by atoms with E-state index in [1.165, 1.54) is 5.56 Å². The van der Waals surface area contributed by atoms with Gasteiger partial charge in [-0.05, 0) is 11.5 Å². The number of benzene rings is 1. The number of anilines is 1. The molecule has 0 atom stereocenters. The van der Waals surface area contributed by atoms with Crippen molar-refractivity contribution >= 4 is 28.2 Å². The van der Waals surface area contributed by atoms with Crippen LogP contribution in [0.25, 0.3) is 0 Å². The lowest BCUT2D eigenvalue weighted by Crippen LogP contribution is -1.98. The van der Waals surface area contributed by atoms with E-state index in [1.54, 1.807) is 23.1 Å². The first-order valence-electron chi connectivity index (χ1n) is 5.98. The van der Waals surface area contributed by atoms with Crippen molar-refractivity contribution in [1.82, 2.24) is 10.2 Å². The Hall–Kier alpha value is -1.07. The van der Waals surface area contributed by atoms with Gasteiger partial charge in [-0.2, -0.15) is 0 Å². The highest BCUT2D eigenvalue weighted by atomic mass is 32.2. The van der Waals surface area contributed by atoms with Gasteiger partial charge in [-0.15, -0.1) is 10.2 Å². The van der Waals surface area contributed by atoms with Crippen LogP contribution in [0.2, 0.25) is 0 Å². The van der Waals surface area contributed by atoms with E-state index < -0.39 is 0 Å². The summed E-state index contributed by atoms with van der Waals surface area (Å²) in [5.41, 5.74) is 1.25. The first-order valence-corrected chi connectivity index (χ1v) is 7.78. The molecule has 1 heterocycles. The maximum atomic E-state index is 4.17. The summed E-state index contributed by atoms with van der Waals surface area (Å²) in [7, 11) is 0. The van der Waals surface area contributed by atoms with Crippen molar-refractivity contribution in [3.8, 4) is 0 Å². The van der Waals surface area contributed by atoms with Gasteiger partial charge < -0.3 is 5.32 Å². The van der Waals surface area contributed by atoms with E-state index in [1.807, 2.05) is 18.2 Å². The van der Waals surface area contributed by atoms with Gasteiger partial charge in [0.05, 0.1) is 0 Å². The van der Waals surface area contributed by atoms with Crippen molar-refractivity contribution in [3.63, 3.8) is 0 Å². The second-order valence-corrected chi connectivity index (χ2v) is 6.66. The summed E-state index contributed by atoms with van der Waals surface area (Å²) < 4.78 is 1.04. The Bertz CT molecular complexity index is 468. The van der Waals surface area contributed by atoms with E-state index in [9.17, 15) is 0 Å². The van der Waals surface area contributed by atoms with Crippen LogP contribution in [0.1, 0.15) is 19.4 Å². The molecule has 2 aromatic rings. The molecule has 1 N–H and O–H groups in total. The molecule has 96 valence electrons. The lowest BCUT2D eigenvalue weighted by molar-refractivity contribution is 0.749. The van der Waals surface area contributed by atoms with Crippen molar-refractivity contribution in [2.45, 2.75) is 24.7 Å². The van der Waals surface area contributed by atoms with Crippen LogP contribution in [0.3, 0.4) is 0 Å². The second kappa shape index (κ2) is 6.75. The van der Waals surface area contributed by atoms with Gasteiger partial charge in [-0.1, -0.05) is 67.3 Å². The van der Waals surface area contributed by atoms with E-state index in [2.05, 4.69) is 41.5 Å². The minimum Gasteiger partial charge on any atom is -0.356 e. The number of rotatable bonds is 6. The molecule has 0 spiro atoms. The molecule has 0 saturated carbocycles. The van der Waals surface area contributed by atoms with Crippen LogP contribution in [0, 0.1) is 5.92 Å². The van der Waals surface area contributed by atoms with Crippen LogP contribution >= 0.6 is 23.1 Å². The number of nitrogens with one attached hydrogen (secondary N) is 1. The van der Waals surface area contributed by atoms with Gasteiger partial charge in [0, 0.05) is 12.3 Å². The van der Waals surface area contributed by atoms with E-state index in [4.69, 9.17) is 0 Å². The molecule has 5 heteroatoms. The standard InChI is InChI=1S/C13H17N3S2/c1-10(2)9-17-13-16-15-12(18-13)14-8-11-6-4-3-5-7-11/h3-7,10H,8-9H2,1-2H3,(H,14,15). The van der Waals surface area contributed by atoms with Crippen LogP contribution in [0.4, 0.5) is 5.13 Å². The molecule has 0 aliphatic carbocycles. The highest BCUT2D eigenvalue weighted by molar-refractivity contribution is 8.01. The maximum Gasteiger partial charge on any atom is 0.206 e. The molecule has 3 nitrogen and oxygen atoms in total. The van der Waals surface area contributed by atoms with Gasteiger partial charge in [-0.3, -0.25) is 0 Å². The van der Waals surface area contributed by atoms with Crippen molar-refractivity contribution < 1.29 is 0 Å². The van der Waals surface area contributed by atoms with Crippen molar-refractivity contribution in [2.75, 3.05) is 11.1 Å². The predicted octanol–water partition coefficient (Wildman–Crippen LogP) is 3.90. The zero-order chi connectivity index (χ0) is 12.8. The molecule has 0 radical (unpaired) electrons. The molecule has 0 aliphatic rings. The molecular formula is C13H17N3S2. The number of aromatic nitrogens is 2. The minimum absolute atomic E-state index is 0.680. The Morgan fingerprint density at radius 3 is 2.72 bits per heavy atom. The summed E-state index contributed by atoms with van der Waals surface area (Å²) in [6, 6.07) is 10.3. The highest BCUT2D eigenvalue weighted by Gasteiger charge is 2.05. The number of thioether (sulfide) groups is 1. The molecule has 0 bridgehead atoms. The monoisotopic (exact) mass is 279 g/mol. The SMILES string of the molecule is CC(C)CSc1nnc(NCc2ccccc2)s1. The van der Waals surface area contributed by atoms with Crippen LogP contribution in [0.5, 0.6) is 0 Å². The Morgan fingerprint density at radius 1 is 1.22 bits per heavy atom. The summed E-state index contributed by atoms with van der Waals surface area (Å²) in [5, 5.41) is 12.5. The molecule has 1 aromatic heterocycles. The molecule has 2 rings (SSSR count). The zero-order valence-electron chi connectivity index (χ0n) is 10.6. The largest absolute Gasteiger partial charge is 0.356 e. The van der Waals surface area contributed by atoms with Crippen molar-refractivity contribution in [1.29, 1.82) is 0 Å². The van der Waals surface area contributed by atoms with Gasteiger partial charge >= 0.3 is 0 Å². The first-order chi connectivity index (χ1) is 8.74. The third kappa shape index (κ3) is 4.31. The van der Waals surface area contributed by atoms with Gasteiger partial charge in [-0.25, -0.2) is 0 Å². The average molecular weight is 279 g/mol. The summed E-state index contributed by atoms with van der Waals surface area (Å²) >= 11 is 3.40. The predicted molar refractivity (Wildman–Crippen MR) is 79.2 cm³/mol. The molecular weight excluding hydrogens is 262 g/mol. The summed E-state index contributed by atoms with van der Waals surface area (Å²) in [5.74, 6) is 1.77. The fraction of sp³-hybridized carbons (Fsp3) is 0.385. The molecule has 1 aromatic carbocycles. The van der Waals surface area contributed by atoms with E-state index in [0.29, 0.717) is 5.92 Å². The van der Waals surface area contributed by atoms with E-state index >= 15 is 0 Å². The molecule has 18 heavy (non-hydrogen) atoms. The Labute approximate surface area is 116 Å². The average Bonchev–Trinajstić information content (AvgIpc) is 2.83. The third-order valence-corrected chi connectivity index (χ3v) is 4.67. The normalized spacial score (nSPS) is 10.8. The van der Waals surface area contributed by atoms with Gasteiger partial charge in [0.2, 0.25) is 5.13 Å². The number of hydrogen-bond donors (Lipinski definition) is 1. The topological polar surface area (TPSA) is 37.8 Å². The van der Waals surface area contributed by atoms with Crippen LogP contribution in [-0.4, -0.2) is 16.0 Å². The smallest absolute Gasteiger partial charge is 0.206 e. The molecule has 0 fully saturated rings. The van der Waals surface area contributed by atoms with Gasteiger partial charge in [0.15, 0.2) is 4.34 Å². The van der Waals surface area contributed by atoms with E-state index in [0.717, 1.165) is 21.8 Å². The highest BCUT2D eigenvalue weighted by Crippen LogP contribution is 2.27. The fourth-order valence-electron chi connectivity index (χ4n) is 1.35. The maximum absolute atomic E-state index is 4.17. The van der Waals surface area contributed by atoms with Crippen molar-refractivity contribution in [2.24, 2.45) is 5.92 Å². The summed E-state index contributed by atoms with van der Waals surface area (Å²) in [4.78, 5) is 0. The Kier molecular flexibility index (Phi) is 5.01. The molecule has 0 unspecified atom stereocenters. The molecule has 0 saturated heterocycles.